The van der Waals surface area contributed by atoms with E-state index in [0.717, 1.165) is 24.7 Å². The lowest BCUT2D eigenvalue weighted by Crippen LogP contribution is -2.31. The zero-order valence-corrected chi connectivity index (χ0v) is 11.1. The molecule has 0 radical (unpaired) electrons. The molecule has 0 fully saturated rings. The van der Waals surface area contributed by atoms with E-state index in [9.17, 15) is 0 Å². The molecule has 0 spiro atoms. The summed E-state index contributed by atoms with van der Waals surface area (Å²) < 4.78 is 0. The molecule has 1 aromatic carbocycles. The summed E-state index contributed by atoms with van der Waals surface area (Å²) in [5.41, 5.74) is 2.56. The Bertz CT molecular complexity index is 324. The molecule has 16 heavy (non-hydrogen) atoms. The van der Waals surface area contributed by atoms with Gasteiger partial charge in [-0.3, -0.25) is 0 Å². The van der Waals surface area contributed by atoms with Gasteiger partial charge in [-0.25, -0.2) is 0 Å². The van der Waals surface area contributed by atoms with Crippen LogP contribution in [-0.4, -0.2) is 19.1 Å². The van der Waals surface area contributed by atoms with E-state index in [1.165, 1.54) is 11.1 Å². The van der Waals surface area contributed by atoms with Gasteiger partial charge in [-0.05, 0) is 30.2 Å². The smallest absolute Gasteiger partial charge is 0.0409 e. The highest BCUT2D eigenvalue weighted by Gasteiger charge is 1.99. The second-order valence-electron chi connectivity index (χ2n) is 4.36. The first-order valence-electron chi connectivity index (χ1n) is 5.78. The zero-order valence-electron chi connectivity index (χ0n) is 10.3. The van der Waals surface area contributed by atoms with Crippen molar-refractivity contribution in [2.75, 3.05) is 13.1 Å². The van der Waals surface area contributed by atoms with Crippen molar-refractivity contribution in [2.45, 2.75) is 33.4 Å². The van der Waals surface area contributed by atoms with Crippen LogP contribution in [0.15, 0.2) is 18.2 Å². The number of hydrogen-bond donors (Lipinski definition) is 2. The van der Waals surface area contributed by atoms with Crippen LogP contribution in [0.2, 0.25) is 5.02 Å². The van der Waals surface area contributed by atoms with Gasteiger partial charge in [-0.1, -0.05) is 31.5 Å². The van der Waals surface area contributed by atoms with Crippen LogP contribution in [0.25, 0.3) is 0 Å². The Morgan fingerprint density at radius 1 is 1.25 bits per heavy atom. The maximum absolute atomic E-state index is 5.96. The van der Waals surface area contributed by atoms with E-state index in [1.807, 2.05) is 12.1 Å². The van der Waals surface area contributed by atoms with E-state index in [1.54, 1.807) is 0 Å². The van der Waals surface area contributed by atoms with Crippen LogP contribution in [-0.2, 0) is 6.54 Å². The van der Waals surface area contributed by atoms with E-state index in [4.69, 9.17) is 11.6 Å². The van der Waals surface area contributed by atoms with Gasteiger partial charge >= 0.3 is 0 Å². The molecule has 3 heteroatoms. The molecule has 0 saturated carbocycles. The average Bonchev–Trinajstić information content (AvgIpc) is 2.22. The third kappa shape index (κ3) is 4.97. The standard InChI is InChI=1S/C13H21ClN2/c1-10(2)16-7-6-15-9-12-8-13(14)5-4-11(12)3/h4-5,8,10,15-16H,6-7,9H2,1-3H3. The molecule has 0 unspecified atom stereocenters. The summed E-state index contributed by atoms with van der Waals surface area (Å²) in [5.74, 6) is 0. The largest absolute Gasteiger partial charge is 0.313 e. The van der Waals surface area contributed by atoms with Gasteiger partial charge in [-0.2, -0.15) is 0 Å². The molecule has 0 heterocycles. The molecular weight excluding hydrogens is 220 g/mol. The summed E-state index contributed by atoms with van der Waals surface area (Å²) in [4.78, 5) is 0. The molecule has 1 aromatic rings. The van der Waals surface area contributed by atoms with Crippen LogP contribution >= 0.6 is 11.6 Å². The predicted octanol–water partition coefficient (Wildman–Crippen LogP) is 2.74. The molecule has 2 nitrogen and oxygen atoms in total. The minimum Gasteiger partial charge on any atom is -0.313 e. The van der Waals surface area contributed by atoms with Crippen molar-refractivity contribution >= 4 is 11.6 Å². The Morgan fingerprint density at radius 2 is 2.00 bits per heavy atom. The van der Waals surface area contributed by atoms with E-state index >= 15 is 0 Å². The first-order chi connectivity index (χ1) is 7.59. The third-order valence-electron chi connectivity index (χ3n) is 2.48. The number of hydrogen-bond acceptors (Lipinski definition) is 2. The second-order valence-corrected chi connectivity index (χ2v) is 4.79. The molecule has 0 atom stereocenters. The predicted molar refractivity (Wildman–Crippen MR) is 71.0 cm³/mol. The number of halogens is 1. The topological polar surface area (TPSA) is 24.1 Å². The Hall–Kier alpha value is -0.570. The Labute approximate surface area is 103 Å². The molecular formula is C13H21ClN2. The van der Waals surface area contributed by atoms with Crippen molar-refractivity contribution < 1.29 is 0 Å². The Balaban J connectivity index is 2.29. The molecule has 0 aromatic heterocycles. The number of nitrogens with one attached hydrogen (secondary N) is 2. The van der Waals surface area contributed by atoms with Crippen molar-refractivity contribution in [1.82, 2.24) is 10.6 Å². The van der Waals surface area contributed by atoms with E-state index < -0.39 is 0 Å². The molecule has 2 N–H and O–H groups in total. The first-order valence-corrected chi connectivity index (χ1v) is 6.16. The number of rotatable bonds is 6. The minimum atomic E-state index is 0.551. The fourth-order valence-corrected chi connectivity index (χ4v) is 1.70. The van der Waals surface area contributed by atoms with Gasteiger partial charge in [0.1, 0.15) is 0 Å². The average molecular weight is 241 g/mol. The van der Waals surface area contributed by atoms with Gasteiger partial charge in [0, 0.05) is 30.7 Å². The van der Waals surface area contributed by atoms with E-state index in [-0.39, 0.29) is 0 Å². The summed E-state index contributed by atoms with van der Waals surface area (Å²) >= 11 is 5.96. The molecule has 0 aliphatic heterocycles. The van der Waals surface area contributed by atoms with Crippen LogP contribution in [0.1, 0.15) is 25.0 Å². The molecule has 0 saturated heterocycles. The van der Waals surface area contributed by atoms with Crippen molar-refractivity contribution in [3.8, 4) is 0 Å². The normalized spacial score (nSPS) is 11.1. The lowest BCUT2D eigenvalue weighted by atomic mass is 10.1. The third-order valence-corrected chi connectivity index (χ3v) is 2.72. The molecule has 0 bridgehead atoms. The van der Waals surface area contributed by atoms with Gasteiger partial charge < -0.3 is 10.6 Å². The molecule has 0 amide bonds. The second kappa shape index (κ2) is 6.89. The van der Waals surface area contributed by atoms with Gasteiger partial charge in [-0.15, -0.1) is 0 Å². The minimum absolute atomic E-state index is 0.551. The number of aryl methyl sites for hydroxylation is 1. The summed E-state index contributed by atoms with van der Waals surface area (Å²) in [7, 11) is 0. The van der Waals surface area contributed by atoms with Crippen molar-refractivity contribution in [3.63, 3.8) is 0 Å². The van der Waals surface area contributed by atoms with Crippen LogP contribution in [0, 0.1) is 6.92 Å². The Morgan fingerprint density at radius 3 is 2.69 bits per heavy atom. The van der Waals surface area contributed by atoms with Crippen molar-refractivity contribution in [1.29, 1.82) is 0 Å². The summed E-state index contributed by atoms with van der Waals surface area (Å²) in [5, 5.41) is 7.58. The fraction of sp³-hybridized carbons (Fsp3) is 0.538. The van der Waals surface area contributed by atoms with Crippen LogP contribution in [0.4, 0.5) is 0 Å². The summed E-state index contributed by atoms with van der Waals surface area (Å²) in [6, 6.07) is 6.57. The lowest BCUT2D eigenvalue weighted by Gasteiger charge is -2.10. The van der Waals surface area contributed by atoms with E-state index in [2.05, 4.69) is 37.5 Å². The molecule has 0 aliphatic rings. The van der Waals surface area contributed by atoms with Crippen LogP contribution < -0.4 is 10.6 Å². The molecule has 0 aliphatic carbocycles. The van der Waals surface area contributed by atoms with Gasteiger partial charge in [0.15, 0.2) is 0 Å². The quantitative estimate of drug-likeness (QED) is 0.748. The van der Waals surface area contributed by atoms with Crippen molar-refractivity contribution in [2.24, 2.45) is 0 Å². The van der Waals surface area contributed by atoms with Gasteiger partial charge in [0.25, 0.3) is 0 Å². The van der Waals surface area contributed by atoms with Crippen LogP contribution in [0.3, 0.4) is 0 Å². The highest BCUT2D eigenvalue weighted by atomic mass is 35.5. The number of benzene rings is 1. The highest BCUT2D eigenvalue weighted by molar-refractivity contribution is 6.30. The van der Waals surface area contributed by atoms with Crippen LogP contribution in [0.5, 0.6) is 0 Å². The van der Waals surface area contributed by atoms with Gasteiger partial charge in [0.2, 0.25) is 0 Å². The SMILES string of the molecule is Cc1ccc(Cl)cc1CNCCNC(C)C. The zero-order chi connectivity index (χ0) is 12.0. The summed E-state index contributed by atoms with van der Waals surface area (Å²) in [6.45, 7) is 9.27. The maximum Gasteiger partial charge on any atom is 0.0409 e. The van der Waals surface area contributed by atoms with E-state index in [0.29, 0.717) is 6.04 Å². The van der Waals surface area contributed by atoms with Crippen molar-refractivity contribution in [3.05, 3.63) is 34.3 Å². The fourth-order valence-electron chi connectivity index (χ4n) is 1.50. The lowest BCUT2D eigenvalue weighted by molar-refractivity contribution is 0.555. The highest BCUT2D eigenvalue weighted by Crippen LogP contribution is 2.14. The monoisotopic (exact) mass is 240 g/mol. The van der Waals surface area contributed by atoms with Gasteiger partial charge in [0.05, 0.1) is 0 Å². The summed E-state index contributed by atoms with van der Waals surface area (Å²) in [6.07, 6.45) is 0. The maximum atomic E-state index is 5.96. The Kier molecular flexibility index (Phi) is 5.81. The first kappa shape index (κ1) is 13.5. The molecule has 90 valence electrons. The molecule has 1 rings (SSSR count).